The van der Waals surface area contributed by atoms with E-state index in [0.717, 1.165) is 0 Å². The summed E-state index contributed by atoms with van der Waals surface area (Å²) in [5.74, 6) is -3.85. The Morgan fingerprint density at radius 3 is 2.74 bits per heavy atom. The van der Waals surface area contributed by atoms with Gasteiger partial charge in [-0.15, -0.1) is 0 Å². The molecule has 182 valence electrons. The molecule has 2 heterocycles. The minimum Gasteiger partial charge on any atom is -0.473 e. The predicted molar refractivity (Wildman–Crippen MR) is 108 cm³/mol. The van der Waals surface area contributed by atoms with Crippen molar-refractivity contribution in [2.75, 3.05) is 26.2 Å². The first kappa shape index (κ1) is 24.7. The normalized spacial score (nSPS) is 13.4. The Balaban J connectivity index is 1.78. The van der Waals surface area contributed by atoms with Crippen molar-refractivity contribution in [1.82, 2.24) is 20.2 Å². The Morgan fingerprint density at radius 2 is 2.06 bits per heavy atom. The Labute approximate surface area is 191 Å². The van der Waals surface area contributed by atoms with E-state index in [1.54, 1.807) is 0 Å². The number of esters is 1. The molecule has 2 amide bonds. The Bertz CT molecular complexity index is 1070. The van der Waals surface area contributed by atoms with Crippen LogP contribution in [0.25, 0.3) is 0 Å². The third-order valence-corrected chi connectivity index (χ3v) is 4.56. The summed E-state index contributed by atoms with van der Waals surface area (Å²) in [5, 5.41) is 2.48. The summed E-state index contributed by atoms with van der Waals surface area (Å²) in [6, 6.07) is 5.35. The standard InChI is InChI=1S/C20H20F3N5O6/c21-20(22,23)18(30)34-16-12(10-33-15-8-13(9-24)26-11-27-15)2-1-3-14(16)17(29)25-4-5-28-6-7-32-19(28)31/h1-3,8,11H,4-7,9-10,24H2,(H,25,29). The van der Waals surface area contributed by atoms with Crippen LogP contribution >= 0.6 is 0 Å². The zero-order valence-electron chi connectivity index (χ0n) is 17.6. The van der Waals surface area contributed by atoms with Crippen LogP contribution in [0.1, 0.15) is 21.6 Å². The van der Waals surface area contributed by atoms with Gasteiger partial charge in [0.05, 0.1) is 17.8 Å². The van der Waals surface area contributed by atoms with Gasteiger partial charge in [0, 0.05) is 31.3 Å². The van der Waals surface area contributed by atoms with Crippen molar-refractivity contribution >= 4 is 18.0 Å². The molecule has 0 atom stereocenters. The lowest BCUT2D eigenvalue weighted by atomic mass is 10.1. The van der Waals surface area contributed by atoms with Crippen molar-refractivity contribution in [3.63, 3.8) is 0 Å². The lowest BCUT2D eigenvalue weighted by Gasteiger charge is -2.17. The number of nitrogens with zero attached hydrogens (tertiary/aromatic N) is 3. The highest BCUT2D eigenvalue weighted by Gasteiger charge is 2.42. The van der Waals surface area contributed by atoms with Gasteiger partial charge < -0.3 is 30.2 Å². The number of amides is 2. The van der Waals surface area contributed by atoms with Crippen LogP contribution in [-0.2, 0) is 22.7 Å². The molecule has 1 aromatic heterocycles. The van der Waals surface area contributed by atoms with Crippen LogP contribution in [0.4, 0.5) is 18.0 Å². The van der Waals surface area contributed by atoms with Crippen molar-refractivity contribution in [2.45, 2.75) is 19.3 Å². The Kier molecular flexibility index (Phi) is 7.83. The van der Waals surface area contributed by atoms with Crippen molar-refractivity contribution in [2.24, 2.45) is 5.73 Å². The molecule has 14 heteroatoms. The Morgan fingerprint density at radius 1 is 1.26 bits per heavy atom. The average molecular weight is 483 g/mol. The molecule has 0 unspecified atom stereocenters. The highest BCUT2D eigenvalue weighted by atomic mass is 19.4. The zero-order valence-corrected chi connectivity index (χ0v) is 17.6. The molecule has 11 nitrogen and oxygen atoms in total. The molecule has 0 spiro atoms. The lowest BCUT2D eigenvalue weighted by Crippen LogP contribution is -2.36. The lowest BCUT2D eigenvalue weighted by molar-refractivity contribution is -0.189. The molecule has 1 aromatic carbocycles. The van der Waals surface area contributed by atoms with Gasteiger partial charge in [-0.1, -0.05) is 12.1 Å². The minimum atomic E-state index is -5.29. The highest BCUT2D eigenvalue weighted by molar-refractivity contribution is 5.98. The van der Waals surface area contributed by atoms with Crippen LogP contribution in [-0.4, -0.2) is 65.3 Å². The van der Waals surface area contributed by atoms with E-state index in [1.807, 2.05) is 0 Å². The van der Waals surface area contributed by atoms with E-state index in [-0.39, 0.29) is 49.9 Å². The topological polar surface area (TPSA) is 146 Å². The SMILES string of the molecule is NCc1cc(OCc2cccc(C(=O)NCCN3CCOC3=O)c2OC(=O)C(F)(F)F)ncn1. The molecule has 2 aromatic rings. The summed E-state index contributed by atoms with van der Waals surface area (Å²) < 4.78 is 53.4. The third-order valence-electron chi connectivity index (χ3n) is 4.56. The number of carbonyl (C=O) groups excluding carboxylic acids is 3. The summed E-state index contributed by atoms with van der Waals surface area (Å²) in [6.07, 6.45) is -4.63. The first-order valence-electron chi connectivity index (χ1n) is 9.93. The summed E-state index contributed by atoms with van der Waals surface area (Å²) in [4.78, 5) is 44.8. The summed E-state index contributed by atoms with van der Waals surface area (Å²) in [6.45, 7) is 0.434. The number of hydrogen-bond acceptors (Lipinski definition) is 9. The van der Waals surface area contributed by atoms with Crippen LogP contribution < -0.4 is 20.5 Å². The van der Waals surface area contributed by atoms with Crippen LogP contribution in [0.5, 0.6) is 11.6 Å². The van der Waals surface area contributed by atoms with Gasteiger partial charge in [-0.3, -0.25) is 4.79 Å². The van der Waals surface area contributed by atoms with Crippen LogP contribution in [0.2, 0.25) is 0 Å². The van der Waals surface area contributed by atoms with Crippen molar-refractivity contribution in [3.8, 4) is 11.6 Å². The van der Waals surface area contributed by atoms with Crippen LogP contribution in [0, 0.1) is 0 Å². The summed E-state index contributed by atoms with van der Waals surface area (Å²) >= 11 is 0. The van der Waals surface area contributed by atoms with Gasteiger partial charge >= 0.3 is 18.2 Å². The van der Waals surface area contributed by atoms with E-state index in [4.69, 9.17) is 15.2 Å². The third kappa shape index (κ3) is 6.31. The van der Waals surface area contributed by atoms with E-state index in [1.165, 1.54) is 35.5 Å². The molecule has 1 aliphatic heterocycles. The van der Waals surface area contributed by atoms with Crippen molar-refractivity contribution < 1.29 is 41.8 Å². The molecule has 3 rings (SSSR count). The smallest absolute Gasteiger partial charge is 0.473 e. The van der Waals surface area contributed by atoms with Gasteiger partial charge in [0.25, 0.3) is 5.91 Å². The van der Waals surface area contributed by atoms with Gasteiger partial charge in [0.2, 0.25) is 5.88 Å². The summed E-state index contributed by atoms with van der Waals surface area (Å²) in [5.41, 5.74) is 5.63. The molecule has 0 radical (unpaired) electrons. The van der Waals surface area contributed by atoms with Gasteiger partial charge in [0.1, 0.15) is 19.5 Å². The monoisotopic (exact) mass is 483 g/mol. The number of hydrogen-bond donors (Lipinski definition) is 2. The molecule has 1 aliphatic rings. The number of nitrogens with two attached hydrogens (primary N) is 1. The second-order valence-electron chi connectivity index (χ2n) is 6.88. The first-order valence-corrected chi connectivity index (χ1v) is 9.93. The minimum absolute atomic E-state index is 0.00980. The molecule has 0 aliphatic carbocycles. The second-order valence-corrected chi connectivity index (χ2v) is 6.88. The largest absolute Gasteiger partial charge is 0.491 e. The van der Waals surface area contributed by atoms with Gasteiger partial charge in [-0.05, 0) is 6.07 Å². The maximum absolute atomic E-state index is 12.9. The molecular weight excluding hydrogens is 463 g/mol. The number of nitrogens with one attached hydrogen (secondary N) is 1. The number of aromatic nitrogens is 2. The zero-order chi connectivity index (χ0) is 24.7. The predicted octanol–water partition coefficient (Wildman–Crippen LogP) is 1.16. The summed E-state index contributed by atoms with van der Waals surface area (Å²) in [7, 11) is 0. The molecule has 1 fully saturated rings. The van der Waals surface area contributed by atoms with E-state index in [9.17, 15) is 27.6 Å². The van der Waals surface area contributed by atoms with Gasteiger partial charge in [-0.2, -0.15) is 13.2 Å². The fourth-order valence-corrected chi connectivity index (χ4v) is 2.90. The van der Waals surface area contributed by atoms with E-state index in [2.05, 4.69) is 20.0 Å². The fourth-order valence-electron chi connectivity index (χ4n) is 2.90. The van der Waals surface area contributed by atoms with Crippen molar-refractivity contribution in [3.05, 3.63) is 47.4 Å². The average Bonchev–Trinajstić information content (AvgIpc) is 3.22. The van der Waals surface area contributed by atoms with E-state index < -0.39 is 29.9 Å². The fraction of sp³-hybridized carbons (Fsp3) is 0.350. The van der Waals surface area contributed by atoms with Crippen LogP contribution in [0.15, 0.2) is 30.6 Å². The number of carbonyl (C=O) groups is 3. The molecule has 3 N–H and O–H groups in total. The molecule has 1 saturated heterocycles. The van der Waals surface area contributed by atoms with Crippen LogP contribution in [0.3, 0.4) is 0 Å². The maximum atomic E-state index is 12.9. The van der Waals surface area contributed by atoms with Gasteiger partial charge in [-0.25, -0.2) is 19.6 Å². The first-order chi connectivity index (χ1) is 16.2. The number of benzene rings is 1. The number of alkyl halides is 3. The van der Waals surface area contributed by atoms with Crippen molar-refractivity contribution in [1.29, 1.82) is 0 Å². The number of cyclic esters (lactones) is 1. The quantitative estimate of drug-likeness (QED) is 0.396. The number of halogens is 3. The van der Waals surface area contributed by atoms with E-state index in [0.29, 0.717) is 12.2 Å². The molecular formula is C20H20F3N5O6. The molecule has 34 heavy (non-hydrogen) atoms. The molecule has 0 saturated carbocycles. The maximum Gasteiger partial charge on any atom is 0.491 e. The Hall–Kier alpha value is -3.94. The van der Waals surface area contributed by atoms with E-state index >= 15 is 0 Å². The molecule has 0 bridgehead atoms. The number of ether oxygens (including phenoxy) is 3. The second kappa shape index (κ2) is 10.8. The number of para-hydroxylation sites is 1. The highest BCUT2D eigenvalue weighted by Crippen LogP contribution is 2.28. The van der Waals surface area contributed by atoms with Gasteiger partial charge in [0.15, 0.2) is 5.75 Å². The number of rotatable bonds is 9.